The average Bonchev–Trinajstić information content (AvgIpc) is 3.25. The summed E-state index contributed by atoms with van der Waals surface area (Å²) in [6, 6.07) is 18.9. The van der Waals surface area contributed by atoms with Gasteiger partial charge in [-0.3, -0.25) is 14.5 Å². The van der Waals surface area contributed by atoms with Crippen molar-refractivity contribution in [3.63, 3.8) is 0 Å². The van der Waals surface area contributed by atoms with Crippen LogP contribution in [0.4, 0.5) is 4.79 Å². The highest BCUT2D eigenvalue weighted by Crippen LogP contribution is 2.28. The Labute approximate surface area is 205 Å². The maximum absolute atomic E-state index is 13.3. The number of ketones is 1. The lowest BCUT2D eigenvalue weighted by atomic mass is 9.92. The number of nitrogens with one attached hydrogen (secondary N) is 1. The summed E-state index contributed by atoms with van der Waals surface area (Å²) in [5.74, 6) is -0.0259. The molecule has 1 saturated heterocycles. The van der Waals surface area contributed by atoms with E-state index < -0.39 is 17.5 Å². The molecule has 1 aliphatic heterocycles. The summed E-state index contributed by atoms with van der Waals surface area (Å²) < 4.78 is 7.50. The normalized spacial score (nSPS) is 17.5. The van der Waals surface area contributed by atoms with Crippen molar-refractivity contribution in [3.05, 3.63) is 88.7 Å². The van der Waals surface area contributed by atoms with Crippen LogP contribution in [0.1, 0.15) is 39.8 Å². The van der Waals surface area contributed by atoms with Gasteiger partial charge < -0.3 is 14.6 Å². The van der Waals surface area contributed by atoms with Crippen molar-refractivity contribution in [2.45, 2.75) is 45.7 Å². The van der Waals surface area contributed by atoms with Crippen LogP contribution < -0.4 is 10.1 Å². The summed E-state index contributed by atoms with van der Waals surface area (Å²) in [6.07, 6.45) is 1.11. The van der Waals surface area contributed by atoms with Gasteiger partial charge in [-0.2, -0.15) is 0 Å². The van der Waals surface area contributed by atoms with Gasteiger partial charge in [0.2, 0.25) is 0 Å². The second-order valence-corrected chi connectivity index (χ2v) is 9.24. The highest BCUT2D eigenvalue weighted by atomic mass is 16.5. The molecule has 0 bridgehead atoms. The fourth-order valence-corrected chi connectivity index (χ4v) is 4.78. The lowest BCUT2D eigenvalue weighted by Gasteiger charge is -2.22. The van der Waals surface area contributed by atoms with E-state index in [0.717, 1.165) is 34.8 Å². The molecule has 1 aliphatic rings. The fraction of sp³-hybridized carbons (Fsp3) is 0.321. The van der Waals surface area contributed by atoms with E-state index in [9.17, 15) is 14.4 Å². The molecular formula is C28H31N3O4. The van der Waals surface area contributed by atoms with Crippen molar-refractivity contribution in [2.75, 3.05) is 13.7 Å². The van der Waals surface area contributed by atoms with Gasteiger partial charge in [-0.15, -0.1) is 0 Å². The van der Waals surface area contributed by atoms with Crippen LogP contribution >= 0.6 is 0 Å². The molecule has 7 heteroatoms. The number of benzene rings is 2. The minimum Gasteiger partial charge on any atom is -0.496 e. The Hall–Kier alpha value is -3.87. The third kappa shape index (κ3) is 4.85. The largest absolute Gasteiger partial charge is 0.496 e. The predicted octanol–water partition coefficient (Wildman–Crippen LogP) is 4.09. The van der Waals surface area contributed by atoms with Gasteiger partial charge in [-0.25, -0.2) is 4.79 Å². The minimum absolute atomic E-state index is 0.255. The van der Waals surface area contributed by atoms with E-state index in [0.29, 0.717) is 11.3 Å². The van der Waals surface area contributed by atoms with Crippen molar-refractivity contribution in [3.8, 4) is 5.75 Å². The van der Waals surface area contributed by atoms with Gasteiger partial charge in [0.1, 0.15) is 11.3 Å². The summed E-state index contributed by atoms with van der Waals surface area (Å²) in [4.78, 5) is 40.2. The Morgan fingerprint density at radius 2 is 1.71 bits per heavy atom. The SMILES string of the molecule is COc1ccccc1C[C@@]1(C)NC(=O)N(CC(=O)c2cc(C)n(CCc3ccccc3)c2C)C1=O. The van der Waals surface area contributed by atoms with Crippen LogP contribution in [-0.2, 0) is 24.2 Å². The summed E-state index contributed by atoms with van der Waals surface area (Å²) >= 11 is 0. The summed E-state index contributed by atoms with van der Waals surface area (Å²) in [7, 11) is 1.57. The molecule has 3 aromatic rings. The van der Waals surface area contributed by atoms with E-state index in [2.05, 4.69) is 22.0 Å². The molecule has 0 spiro atoms. The first-order valence-corrected chi connectivity index (χ1v) is 11.7. The molecule has 4 rings (SSSR count). The quantitative estimate of drug-likeness (QED) is 0.375. The van der Waals surface area contributed by atoms with E-state index in [-0.39, 0.29) is 18.7 Å². The Morgan fingerprint density at radius 1 is 1.03 bits per heavy atom. The second-order valence-electron chi connectivity index (χ2n) is 9.24. The number of hydrogen-bond acceptors (Lipinski definition) is 4. The number of amides is 3. The highest BCUT2D eigenvalue weighted by Gasteiger charge is 2.48. The molecule has 2 heterocycles. The third-order valence-corrected chi connectivity index (χ3v) is 6.72. The number of hydrogen-bond donors (Lipinski definition) is 1. The van der Waals surface area contributed by atoms with Crippen LogP contribution in [0.3, 0.4) is 0 Å². The second kappa shape index (κ2) is 9.78. The molecule has 7 nitrogen and oxygen atoms in total. The van der Waals surface area contributed by atoms with Crippen LogP contribution in [0, 0.1) is 13.8 Å². The summed E-state index contributed by atoms with van der Waals surface area (Å²) in [5.41, 5.74) is 3.23. The number of imide groups is 1. The number of methoxy groups -OCH3 is 1. The Morgan fingerprint density at radius 3 is 2.43 bits per heavy atom. The van der Waals surface area contributed by atoms with Crippen LogP contribution in [0.15, 0.2) is 60.7 Å². The van der Waals surface area contributed by atoms with Gasteiger partial charge in [-0.1, -0.05) is 48.5 Å². The molecule has 182 valence electrons. The number of aromatic nitrogens is 1. The number of carbonyl (C=O) groups excluding carboxylic acids is 3. The Balaban J connectivity index is 1.48. The first-order valence-electron chi connectivity index (χ1n) is 11.7. The van der Waals surface area contributed by atoms with E-state index in [1.54, 1.807) is 14.0 Å². The van der Waals surface area contributed by atoms with E-state index in [1.165, 1.54) is 5.56 Å². The average molecular weight is 474 g/mol. The molecule has 1 N–H and O–H groups in total. The molecule has 0 saturated carbocycles. The number of carbonyl (C=O) groups is 3. The van der Waals surface area contributed by atoms with Crippen LogP contribution in [0.5, 0.6) is 5.75 Å². The fourth-order valence-electron chi connectivity index (χ4n) is 4.78. The maximum Gasteiger partial charge on any atom is 0.325 e. The van der Waals surface area contributed by atoms with E-state index in [1.807, 2.05) is 62.4 Å². The number of Topliss-reactive ketones (excluding diaryl/α,β-unsaturated/α-hetero) is 1. The molecule has 0 aliphatic carbocycles. The molecule has 2 aromatic carbocycles. The number of ether oxygens (including phenoxy) is 1. The lowest BCUT2D eigenvalue weighted by Crippen LogP contribution is -2.46. The molecule has 0 radical (unpaired) electrons. The number of aryl methyl sites for hydroxylation is 2. The monoisotopic (exact) mass is 473 g/mol. The first kappa shape index (κ1) is 24.3. The zero-order valence-electron chi connectivity index (χ0n) is 20.6. The summed E-state index contributed by atoms with van der Waals surface area (Å²) in [6.45, 7) is 6.00. The van der Waals surface area contributed by atoms with Gasteiger partial charge in [-0.05, 0) is 50.5 Å². The molecule has 1 atom stereocenters. The zero-order chi connectivity index (χ0) is 25.2. The molecule has 0 unspecified atom stereocenters. The van der Waals surface area contributed by atoms with Gasteiger partial charge in [0.15, 0.2) is 5.78 Å². The first-order chi connectivity index (χ1) is 16.7. The van der Waals surface area contributed by atoms with Gasteiger partial charge in [0.05, 0.1) is 13.7 Å². The molecule has 1 fully saturated rings. The molecule has 35 heavy (non-hydrogen) atoms. The lowest BCUT2D eigenvalue weighted by molar-refractivity contribution is -0.130. The minimum atomic E-state index is -1.15. The van der Waals surface area contributed by atoms with Gasteiger partial charge in [0, 0.05) is 29.9 Å². The number of rotatable bonds is 9. The molecule has 1 aromatic heterocycles. The number of nitrogens with zero attached hydrogens (tertiary/aromatic N) is 2. The van der Waals surface area contributed by atoms with Crippen molar-refractivity contribution in [1.29, 1.82) is 0 Å². The third-order valence-electron chi connectivity index (χ3n) is 6.72. The van der Waals surface area contributed by atoms with Crippen molar-refractivity contribution < 1.29 is 19.1 Å². The van der Waals surface area contributed by atoms with Crippen molar-refractivity contribution in [2.24, 2.45) is 0 Å². The molecular weight excluding hydrogens is 442 g/mol. The zero-order valence-corrected chi connectivity index (χ0v) is 20.6. The smallest absolute Gasteiger partial charge is 0.325 e. The number of urea groups is 1. The van der Waals surface area contributed by atoms with E-state index in [4.69, 9.17) is 4.74 Å². The van der Waals surface area contributed by atoms with Crippen LogP contribution in [0.25, 0.3) is 0 Å². The topological polar surface area (TPSA) is 80.6 Å². The summed E-state index contributed by atoms with van der Waals surface area (Å²) in [5, 5.41) is 2.78. The Kier molecular flexibility index (Phi) is 6.78. The number of para-hydroxylation sites is 1. The van der Waals surface area contributed by atoms with Gasteiger partial charge in [0.25, 0.3) is 5.91 Å². The maximum atomic E-state index is 13.3. The van der Waals surface area contributed by atoms with Crippen LogP contribution in [-0.4, -0.2) is 46.4 Å². The predicted molar refractivity (Wildman–Crippen MR) is 134 cm³/mol. The van der Waals surface area contributed by atoms with E-state index >= 15 is 0 Å². The van der Waals surface area contributed by atoms with Gasteiger partial charge >= 0.3 is 6.03 Å². The van der Waals surface area contributed by atoms with Crippen molar-refractivity contribution >= 4 is 17.7 Å². The van der Waals surface area contributed by atoms with Crippen LogP contribution in [0.2, 0.25) is 0 Å². The van der Waals surface area contributed by atoms with Crippen molar-refractivity contribution in [1.82, 2.24) is 14.8 Å². The molecule has 3 amide bonds. The Bertz CT molecular complexity index is 1260. The highest BCUT2D eigenvalue weighted by molar-refractivity contribution is 6.11. The standard InChI is InChI=1S/C28H31N3O4/c1-19-16-23(20(2)30(19)15-14-21-10-6-5-7-11-21)24(32)18-31-26(33)28(3,29-27(31)34)17-22-12-8-9-13-25(22)35-4/h5-13,16H,14-15,17-18H2,1-4H3,(H,29,34)/t28-/m1/s1.